The van der Waals surface area contributed by atoms with Gasteiger partial charge in [0.1, 0.15) is 5.78 Å². The van der Waals surface area contributed by atoms with Crippen molar-refractivity contribution < 1.29 is 19.1 Å². The average Bonchev–Trinajstić information content (AvgIpc) is 2.75. The Hall–Kier alpha value is -1.92. The third kappa shape index (κ3) is 6.30. The lowest BCUT2D eigenvalue weighted by atomic mass is 9.86. The highest BCUT2D eigenvalue weighted by atomic mass is 35.5. The number of primary amides is 1. The van der Waals surface area contributed by atoms with Gasteiger partial charge in [0.2, 0.25) is 5.91 Å². The molecule has 1 amide bonds. The molecule has 2 atom stereocenters. The van der Waals surface area contributed by atoms with Crippen molar-refractivity contribution in [2.45, 2.75) is 51.2 Å². The fourth-order valence-corrected chi connectivity index (χ4v) is 4.17. The second-order valence-corrected chi connectivity index (χ2v) is 8.60. The van der Waals surface area contributed by atoms with Gasteiger partial charge < -0.3 is 15.2 Å². The summed E-state index contributed by atoms with van der Waals surface area (Å²) in [6.45, 7) is 2.94. The summed E-state index contributed by atoms with van der Waals surface area (Å²) < 4.78 is 11.5. The van der Waals surface area contributed by atoms with Crippen LogP contribution in [-0.4, -0.2) is 31.2 Å². The number of carbonyl (C=O) groups excluding carboxylic acids is 2. The molecule has 1 fully saturated rings. The molecule has 0 spiro atoms. The van der Waals surface area contributed by atoms with Crippen LogP contribution in [0.3, 0.4) is 0 Å². The summed E-state index contributed by atoms with van der Waals surface area (Å²) in [6.07, 6.45) is 3.31. The smallest absolute Gasteiger partial charge is 0.248 e. The first-order valence-electron chi connectivity index (χ1n) is 10.5. The van der Waals surface area contributed by atoms with E-state index in [1.807, 2.05) is 13.0 Å². The Labute approximate surface area is 192 Å². The second kappa shape index (κ2) is 11.1. The molecule has 1 saturated heterocycles. The number of hydrogen-bond acceptors (Lipinski definition) is 4. The Morgan fingerprint density at radius 2 is 2.00 bits per heavy atom. The van der Waals surface area contributed by atoms with Crippen LogP contribution in [0.1, 0.15) is 58.6 Å². The van der Waals surface area contributed by atoms with Gasteiger partial charge in [-0.25, -0.2) is 0 Å². The minimum absolute atomic E-state index is 0.0386. The molecule has 0 aromatic heterocycles. The Bertz CT molecular complexity index is 941. The van der Waals surface area contributed by atoms with Crippen LogP contribution in [0.5, 0.6) is 0 Å². The van der Waals surface area contributed by atoms with E-state index < -0.39 is 11.8 Å². The Morgan fingerprint density at radius 1 is 1.19 bits per heavy atom. The van der Waals surface area contributed by atoms with Crippen LogP contribution < -0.4 is 5.73 Å². The number of halogens is 2. The third-order valence-electron chi connectivity index (χ3n) is 5.61. The molecule has 1 heterocycles. The van der Waals surface area contributed by atoms with E-state index in [1.165, 1.54) is 0 Å². The molecular formula is C24H27Cl2NO4. The molecule has 0 saturated carbocycles. The van der Waals surface area contributed by atoms with Gasteiger partial charge in [-0.05, 0) is 67.5 Å². The Morgan fingerprint density at radius 3 is 2.68 bits per heavy atom. The fourth-order valence-electron chi connectivity index (χ4n) is 3.87. The highest BCUT2D eigenvalue weighted by molar-refractivity contribution is 6.42. The van der Waals surface area contributed by atoms with Gasteiger partial charge in [0.15, 0.2) is 6.29 Å². The molecule has 2 unspecified atom stereocenters. The number of nitrogens with two attached hydrogens (primary N) is 1. The number of amides is 1. The summed E-state index contributed by atoms with van der Waals surface area (Å²) in [5, 5.41) is 0.820. The van der Waals surface area contributed by atoms with Crippen LogP contribution in [-0.2, 0) is 20.7 Å². The molecule has 1 aliphatic rings. The van der Waals surface area contributed by atoms with Crippen molar-refractivity contribution in [2.75, 3.05) is 13.2 Å². The summed E-state index contributed by atoms with van der Waals surface area (Å²) in [4.78, 5) is 25.3. The van der Waals surface area contributed by atoms with E-state index >= 15 is 0 Å². The number of ether oxygens (including phenoxy) is 2. The molecule has 2 N–H and O–H groups in total. The SMILES string of the molecule is Cc1cccc(C(N)=O)c1CC(=O)C(CCOC1CCCCO1)c1ccc(Cl)c(Cl)c1. The fraction of sp³-hybridized carbons (Fsp3) is 0.417. The number of Topliss-reactive ketones (excluding diaryl/α,β-unsaturated/α-hetero) is 1. The molecule has 31 heavy (non-hydrogen) atoms. The van der Waals surface area contributed by atoms with Crippen LogP contribution in [0.15, 0.2) is 36.4 Å². The van der Waals surface area contributed by atoms with Crippen molar-refractivity contribution in [3.63, 3.8) is 0 Å². The maximum absolute atomic E-state index is 13.4. The summed E-state index contributed by atoms with van der Waals surface area (Å²) in [5.41, 5.74) is 8.17. The molecule has 3 rings (SSSR count). The largest absolute Gasteiger partial charge is 0.366 e. The van der Waals surface area contributed by atoms with Crippen LogP contribution >= 0.6 is 23.2 Å². The third-order valence-corrected chi connectivity index (χ3v) is 6.35. The quantitative estimate of drug-likeness (QED) is 0.551. The van der Waals surface area contributed by atoms with E-state index in [9.17, 15) is 9.59 Å². The topological polar surface area (TPSA) is 78.6 Å². The summed E-state index contributed by atoms with van der Waals surface area (Å²) >= 11 is 12.3. The van der Waals surface area contributed by atoms with Gasteiger partial charge in [0.05, 0.1) is 16.7 Å². The van der Waals surface area contributed by atoms with E-state index in [4.69, 9.17) is 38.4 Å². The maximum atomic E-state index is 13.4. The molecule has 7 heteroatoms. The molecule has 2 aromatic rings. The zero-order valence-electron chi connectivity index (χ0n) is 17.5. The van der Waals surface area contributed by atoms with E-state index in [0.717, 1.165) is 30.4 Å². The Balaban J connectivity index is 1.80. The first kappa shape index (κ1) is 23.7. The number of aryl methyl sites for hydroxylation is 1. The zero-order valence-corrected chi connectivity index (χ0v) is 19.0. The maximum Gasteiger partial charge on any atom is 0.248 e. The van der Waals surface area contributed by atoms with Gasteiger partial charge in [-0.3, -0.25) is 9.59 Å². The predicted molar refractivity (Wildman–Crippen MR) is 122 cm³/mol. The first-order valence-corrected chi connectivity index (χ1v) is 11.2. The van der Waals surface area contributed by atoms with E-state index in [1.54, 1.807) is 30.3 Å². The van der Waals surface area contributed by atoms with E-state index in [2.05, 4.69) is 0 Å². The van der Waals surface area contributed by atoms with Crippen molar-refractivity contribution in [3.8, 4) is 0 Å². The molecule has 5 nitrogen and oxygen atoms in total. The molecular weight excluding hydrogens is 437 g/mol. The van der Waals surface area contributed by atoms with Gasteiger partial charge in [-0.1, -0.05) is 41.4 Å². The first-order chi connectivity index (χ1) is 14.9. The highest BCUT2D eigenvalue weighted by Gasteiger charge is 2.25. The molecule has 166 valence electrons. The second-order valence-electron chi connectivity index (χ2n) is 7.79. The van der Waals surface area contributed by atoms with Gasteiger partial charge in [-0.15, -0.1) is 0 Å². The molecule has 2 aromatic carbocycles. The standard InChI is InChI=1S/C24H27Cl2NO4/c1-15-5-4-6-18(24(27)29)19(15)14-22(28)17(16-8-9-20(25)21(26)13-16)10-12-31-23-7-2-3-11-30-23/h4-6,8-9,13,17,23H,2-3,7,10-12,14H2,1H3,(H2,27,29). The number of benzene rings is 2. The lowest BCUT2D eigenvalue weighted by molar-refractivity contribution is -0.163. The van der Waals surface area contributed by atoms with Gasteiger partial charge in [-0.2, -0.15) is 0 Å². The van der Waals surface area contributed by atoms with Crippen LogP contribution in [0.2, 0.25) is 10.0 Å². The van der Waals surface area contributed by atoms with E-state index in [0.29, 0.717) is 40.8 Å². The molecule has 1 aliphatic heterocycles. The minimum Gasteiger partial charge on any atom is -0.366 e. The lowest BCUT2D eigenvalue weighted by Gasteiger charge is -2.24. The lowest BCUT2D eigenvalue weighted by Crippen LogP contribution is -2.25. The van der Waals surface area contributed by atoms with Crippen LogP contribution in [0.25, 0.3) is 0 Å². The van der Waals surface area contributed by atoms with Crippen LogP contribution in [0, 0.1) is 6.92 Å². The normalized spacial score (nSPS) is 17.3. The van der Waals surface area contributed by atoms with Gasteiger partial charge >= 0.3 is 0 Å². The zero-order chi connectivity index (χ0) is 22.4. The van der Waals surface area contributed by atoms with Crippen molar-refractivity contribution in [1.82, 2.24) is 0 Å². The predicted octanol–water partition coefficient (Wildman–Crippen LogP) is 5.23. The molecule has 0 bridgehead atoms. The minimum atomic E-state index is -0.546. The number of ketones is 1. The van der Waals surface area contributed by atoms with Crippen molar-refractivity contribution >= 4 is 34.9 Å². The number of hydrogen-bond donors (Lipinski definition) is 1. The van der Waals surface area contributed by atoms with Gasteiger partial charge in [0.25, 0.3) is 0 Å². The summed E-state index contributed by atoms with van der Waals surface area (Å²) in [5.74, 6) is -1.04. The molecule has 0 aliphatic carbocycles. The number of carbonyl (C=O) groups is 2. The molecule has 0 radical (unpaired) electrons. The monoisotopic (exact) mass is 463 g/mol. The Kier molecular flexibility index (Phi) is 8.50. The van der Waals surface area contributed by atoms with Crippen LogP contribution in [0.4, 0.5) is 0 Å². The van der Waals surface area contributed by atoms with Crippen molar-refractivity contribution in [1.29, 1.82) is 0 Å². The average molecular weight is 464 g/mol. The van der Waals surface area contributed by atoms with E-state index in [-0.39, 0.29) is 18.5 Å². The summed E-state index contributed by atoms with van der Waals surface area (Å²) in [7, 11) is 0. The van der Waals surface area contributed by atoms with Gasteiger partial charge in [0, 0.05) is 24.5 Å². The summed E-state index contributed by atoms with van der Waals surface area (Å²) in [6, 6.07) is 10.5. The van der Waals surface area contributed by atoms with Crippen molar-refractivity contribution in [2.24, 2.45) is 5.73 Å². The number of rotatable bonds is 9. The van der Waals surface area contributed by atoms with Crippen molar-refractivity contribution in [3.05, 3.63) is 68.7 Å². The highest BCUT2D eigenvalue weighted by Crippen LogP contribution is 2.30.